The fourth-order valence-electron chi connectivity index (χ4n) is 4.71. The molecule has 0 saturated heterocycles. The Morgan fingerprint density at radius 3 is 2.44 bits per heavy atom. The van der Waals surface area contributed by atoms with Crippen molar-refractivity contribution >= 4 is 5.78 Å². The average molecular weight is 437 g/mol. The summed E-state index contributed by atoms with van der Waals surface area (Å²) < 4.78 is 13.4. The minimum Gasteiger partial charge on any atom is -0.360 e. The van der Waals surface area contributed by atoms with Crippen LogP contribution in [0, 0.1) is 5.92 Å². The molecule has 3 aromatic rings. The third-order valence-electron chi connectivity index (χ3n) is 6.77. The van der Waals surface area contributed by atoms with Gasteiger partial charge in [-0.15, -0.1) is 0 Å². The van der Waals surface area contributed by atoms with Gasteiger partial charge in [0, 0.05) is 24.6 Å². The van der Waals surface area contributed by atoms with Crippen molar-refractivity contribution in [3.8, 4) is 11.3 Å². The molecule has 0 N–H and O–H groups in total. The van der Waals surface area contributed by atoms with Crippen LogP contribution in [0.5, 0.6) is 0 Å². The maximum Gasteiger partial charge on any atom is 0.165 e. The van der Waals surface area contributed by atoms with Crippen LogP contribution < -0.4 is 0 Å². The molecule has 2 unspecified atom stereocenters. The largest absolute Gasteiger partial charge is 0.360 e. The van der Waals surface area contributed by atoms with Gasteiger partial charge in [0.2, 0.25) is 0 Å². The zero-order valence-corrected chi connectivity index (χ0v) is 19.6. The van der Waals surface area contributed by atoms with E-state index in [2.05, 4.69) is 30.2 Å². The summed E-state index contributed by atoms with van der Waals surface area (Å²) in [6, 6.07) is 2.08. The van der Waals surface area contributed by atoms with Gasteiger partial charge in [-0.1, -0.05) is 38.0 Å². The molecule has 3 aromatic heterocycles. The van der Waals surface area contributed by atoms with Crippen LogP contribution in [0.1, 0.15) is 117 Å². The molecule has 0 bridgehead atoms. The Balaban J connectivity index is 1.27. The lowest BCUT2D eigenvalue weighted by molar-refractivity contribution is 0.101. The normalized spacial score (nSPS) is 20.5. The van der Waals surface area contributed by atoms with E-state index in [1.807, 2.05) is 24.7 Å². The number of aromatic nitrogens is 4. The number of hydrogen-bond donors (Lipinski definition) is 0. The summed E-state index contributed by atoms with van der Waals surface area (Å²) >= 11 is 0. The Labute approximate surface area is 188 Å². The number of carbonyl (C=O) groups is 1. The molecule has 0 aromatic carbocycles. The van der Waals surface area contributed by atoms with E-state index < -0.39 is 0 Å². The van der Waals surface area contributed by atoms with Crippen LogP contribution in [0.25, 0.3) is 11.3 Å². The number of carbonyl (C=O) groups excluding carboxylic acids is 1. The second-order valence-corrected chi connectivity index (χ2v) is 10.1. The Bertz CT molecular complexity index is 1110. The van der Waals surface area contributed by atoms with Crippen molar-refractivity contribution in [1.82, 2.24) is 20.1 Å². The molecule has 0 spiro atoms. The highest BCUT2D eigenvalue weighted by Gasteiger charge is 2.44. The topological polar surface area (TPSA) is 87.0 Å². The number of Topliss-reactive ketones (excluding diaryl/α,β-unsaturated/α-hetero) is 1. The fraction of sp³-hybridized carbons (Fsp3) is 0.600. The molecule has 3 heterocycles. The van der Waals surface area contributed by atoms with Gasteiger partial charge in [0.25, 0.3) is 0 Å². The molecule has 7 heteroatoms. The minimum atomic E-state index is 0.0495. The molecule has 0 radical (unpaired) electrons. The molecule has 170 valence electrons. The lowest BCUT2D eigenvalue weighted by Crippen LogP contribution is -2.03. The second-order valence-electron chi connectivity index (χ2n) is 10.1. The zero-order valence-electron chi connectivity index (χ0n) is 19.6. The Morgan fingerprint density at radius 2 is 1.78 bits per heavy atom. The molecule has 0 aliphatic heterocycles. The fourth-order valence-corrected chi connectivity index (χ4v) is 4.71. The van der Waals surface area contributed by atoms with E-state index in [1.165, 1.54) is 12.8 Å². The highest BCUT2D eigenvalue weighted by Crippen LogP contribution is 2.52. The molecular weight excluding hydrogens is 404 g/mol. The van der Waals surface area contributed by atoms with Gasteiger partial charge >= 0.3 is 0 Å². The Hall–Kier alpha value is -2.70. The Kier molecular flexibility index (Phi) is 5.30. The summed E-state index contributed by atoms with van der Waals surface area (Å²) in [5, 5.41) is 13.4. The number of hydrogen-bond acceptors (Lipinski definition) is 6. The van der Waals surface area contributed by atoms with Crippen molar-refractivity contribution in [2.75, 3.05) is 0 Å². The highest BCUT2D eigenvalue weighted by molar-refractivity contribution is 5.96. The van der Waals surface area contributed by atoms with Gasteiger partial charge in [0.1, 0.15) is 5.76 Å². The van der Waals surface area contributed by atoms with Crippen LogP contribution >= 0.6 is 0 Å². The summed E-state index contributed by atoms with van der Waals surface area (Å²) in [6.45, 7) is 10.8. The van der Waals surface area contributed by atoms with Crippen molar-refractivity contribution in [3.05, 3.63) is 40.7 Å². The van der Waals surface area contributed by atoms with Gasteiger partial charge in [-0.05, 0) is 56.4 Å². The maximum absolute atomic E-state index is 12.2. The first kappa shape index (κ1) is 21.2. The molecule has 2 aliphatic carbocycles. The van der Waals surface area contributed by atoms with Gasteiger partial charge in [-0.3, -0.25) is 9.48 Å². The first-order valence-electron chi connectivity index (χ1n) is 11.9. The molecule has 32 heavy (non-hydrogen) atoms. The lowest BCUT2D eigenvalue weighted by atomic mass is 9.99. The number of rotatable bonds is 9. The molecule has 7 nitrogen and oxygen atoms in total. The molecule has 0 amide bonds. The van der Waals surface area contributed by atoms with E-state index in [-0.39, 0.29) is 17.6 Å². The van der Waals surface area contributed by atoms with Gasteiger partial charge in [-0.2, -0.15) is 5.10 Å². The van der Waals surface area contributed by atoms with Crippen LogP contribution in [0.2, 0.25) is 0 Å². The van der Waals surface area contributed by atoms with Crippen LogP contribution in [0.4, 0.5) is 0 Å². The summed E-state index contributed by atoms with van der Waals surface area (Å²) in [5.74, 6) is 3.60. The van der Waals surface area contributed by atoms with Crippen LogP contribution in [0.15, 0.2) is 21.3 Å². The standard InChI is InChI=1S/C25H32N4O3/c1-13(2)22-20(15(5)30)25(32-27-22)18-12-17(18)8-10-29-11-9-19(26-29)21-23(14(3)4)28-31-24(21)16-6-7-16/h9,11,13-14,16-18H,6-8,10,12H2,1-5H3. The molecule has 2 saturated carbocycles. The van der Waals surface area contributed by atoms with Crippen LogP contribution in [-0.2, 0) is 6.54 Å². The number of nitrogens with zero attached hydrogens (tertiary/aromatic N) is 4. The third-order valence-corrected chi connectivity index (χ3v) is 6.77. The molecular formula is C25H32N4O3. The predicted molar refractivity (Wildman–Crippen MR) is 120 cm³/mol. The predicted octanol–water partition coefficient (Wildman–Crippen LogP) is 6.05. The highest BCUT2D eigenvalue weighted by atomic mass is 16.5. The first-order valence-corrected chi connectivity index (χ1v) is 11.9. The van der Waals surface area contributed by atoms with Crippen molar-refractivity contribution in [2.24, 2.45) is 5.92 Å². The van der Waals surface area contributed by atoms with Gasteiger partial charge in [-0.25, -0.2) is 0 Å². The quantitative estimate of drug-likeness (QED) is 0.380. The van der Waals surface area contributed by atoms with E-state index in [9.17, 15) is 4.79 Å². The third kappa shape index (κ3) is 3.82. The van der Waals surface area contributed by atoms with Crippen molar-refractivity contribution < 1.29 is 13.8 Å². The molecule has 2 atom stereocenters. The zero-order chi connectivity index (χ0) is 22.6. The Morgan fingerprint density at radius 1 is 1.09 bits per heavy atom. The average Bonchev–Trinajstić information content (AvgIpc) is 3.56. The van der Waals surface area contributed by atoms with Crippen molar-refractivity contribution in [3.63, 3.8) is 0 Å². The maximum atomic E-state index is 12.2. The number of ketones is 1. The van der Waals surface area contributed by atoms with E-state index >= 15 is 0 Å². The summed E-state index contributed by atoms with van der Waals surface area (Å²) in [7, 11) is 0. The lowest BCUT2D eigenvalue weighted by Gasteiger charge is -2.04. The van der Waals surface area contributed by atoms with Crippen LogP contribution in [0.3, 0.4) is 0 Å². The van der Waals surface area contributed by atoms with Crippen LogP contribution in [-0.4, -0.2) is 25.9 Å². The van der Waals surface area contributed by atoms with E-state index in [1.54, 1.807) is 6.92 Å². The SMILES string of the molecule is CC(=O)c1c(C(C)C)noc1C1CC1CCn1ccc(-c2c(C(C)C)noc2C2CC2)n1. The summed E-state index contributed by atoms with van der Waals surface area (Å²) in [5.41, 5.74) is 4.55. The van der Waals surface area contributed by atoms with E-state index in [0.29, 0.717) is 23.3 Å². The molecule has 2 fully saturated rings. The molecule has 5 rings (SSSR count). The van der Waals surface area contributed by atoms with Gasteiger partial charge < -0.3 is 9.05 Å². The van der Waals surface area contributed by atoms with E-state index in [0.717, 1.165) is 53.6 Å². The first-order chi connectivity index (χ1) is 15.3. The van der Waals surface area contributed by atoms with Crippen molar-refractivity contribution in [1.29, 1.82) is 0 Å². The smallest absolute Gasteiger partial charge is 0.165 e. The van der Waals surface area contributed by atoms with E-state index in [4.69, 9.17) is 14.1 Å². The van der Waals surface area contributed by atoms with Gasteiger partial charge in [0.15, 0.2) is 11.5 Å². The van der Waals surface area contributed by atoms with Gasteiger partial charge in [0.05, 0.1) is 28.2 Å². The minimum absolute atomic E-state index is 0.0495. The molecule has 2 aliphatic rings. The summed E-state index contributed by atoms with van der Waals surface area (Å²) in [6.07, 6.45) is 6.43. The number of aryl methyl sites for hydroxylation is 1. The monoisotopic (exact) mass is 436 g/mol. The summed E-state index contributed by atoms with van der Waals surface area (Å²) in [4.78, 5) is 12.2. The van der Waals surface area contributed by atoms with Crippen molar-refractivity contribution in [2.45, 2.75) is 90.5 Å². The second kappa shape index (κ2) is 8.01.